The van der Waals surface area contributed by atoms with E-state index >= 15 is 0 Å². The average molecular weight is 250 g/mol. The summed E-state index contributed by atoms with van der Waals surface area (Å²) in [5.41, 5.74) is 6.45. The van der Waals surface area contributed by atoms with E-state index in [4.69, 9.17) is 5.73 Å². The lowest BCUT2D eigenvalue weighted by Crippen LogP contribution is -2.36. The number of carbonyl (C=O) groups excluding carboxylic acids is 1. The number of amides is 1. The van der Waals surface area contributed by atoms with Crippen LogP contribution in [0.25, 0.3) is 0 Å². The van der Waals surface area contributed by atoms with Gasteiger partial charge in [0, 0.05) is 23.7 Å². The van der Waals surface area contributed by atoms with Crippen molar-refractivity contribution in [3.63, 3.8) is 0 Å². The van der Waals surface area contributed by atoms with Gasteiger partial charge >= 0.3 is 0 Å². The quantitative estimate of drug-likeness (QED) is 0.662. The third kappa shape index (κ3) is 3.66. The molecule has 2 rings (SSSR count). The van der Waals surface area contributed by atoms with Crippen LogP contribution >= 0.6 is 11.8 Å². The summed E-state index contributed by atoms with van der Waals surface area (Å²) in [5.74, 6) is 0.765. The lowest BCUT2D eigenvalue weighted by Gasteiger charge is -2.26. The van der Waals surface area contributed by atoms with Gasteiger partial charge < -0.3 is 10.6 Å². The molecule has 1 fully saturated rings. The van der Waals surface area contributed by atoms with Crippen LogP contribution in [0.2, 0.25) is 0 Å². The molecule has 0 aliphatic carbocycles. The van der Waals surface area contributed by atoms with Crippen LogP contribution in [0.3, 0.4) is 0 Å². The summed E-state index contributed by atoms with van der Waals surface area (Å²) < 4.78 is 0. The number of likely N-dealkylation sites (tertiary alicyclic amines) is 1. The molecule has 1 amide bonds. The molecule has 1 saturated heterocycles. The highest BCUT2D eigenvalue weighted by atomic mass is 32.2. The Morgan fingerprint density at radius 1 is 1.29 bits per heavy atom. The minimum Gasteiger partial charge on any atom is -0.399 e. The van der Waals surface area contributed by atoms with Crippen molar-refractivity contribution in [2.75, 3.05) is 24.6 Å². The Hall–Kier alpha value is -1.16. The molecule has 1 heterocycles. The maximum Gasteiger partial charge on any atom is 0.232 e. The lowest BCUT2D eigenvalue weighted by atomic mass is 10.1. The SMILES string of the molecule is Nc1cccc(SCC(=O)N2CCCCC2)c1. The van der Waals surface area contributed by atoms with Gasteiger partial charge in [0.1, 0.15) is 0 Å². The van der Waals surface area contributed by atoms with Crippen LogP contribution in [0.1, 0.15) is 19.3 Å². The van der Waals surface area contributed by atoms with Crippen molar-refractivity contribution in [2.24, 2.45) is 0 Å². The first-order chi connectivity index (χ1) is 8.25. The second-order valence-electron chi connectivity index (χ2n) is 4.30. The van der Waals surface area contributed by atoms with Crippen molar-refractivity contribution < 1.29 is 4.79 Å². The third-order valence-corrected chi connectivity index (χ3v) is 3.91. The van der Waals surface area contributed by atoms with E-state index in [1.807, 2.05) is 29.2 Å². The number of piperidine rings is 1. The van der Waals surface area contributed by atoms with Gasteiger partial charge in [0.2, 0.25) is 5.91 Å². The highest BCUT2D eigenvalue weighted by molar-refractivity contribution is 8.00. The van der Waals surface area contributed by atoms with Gasteiger partial charge in [0.15, 0.2) is 0 Å². The number of nitrogens with zero attached hydrogens (tertiary/aromatic N) is 1. The van der Waals surface area contributed by atoms with Gasteiger partial charge in [-0.2, -0.15) is 0 Å². The van der Waals surface area contributed by atoms with Gasteiger partial charge in [-0.05, 0) is 37.5 Å². The average Bonchev–Trinajstić information content (AvgIpc) is 2.37. The third-order valence-electron chi connectivity index (χ3n) is 2.93. The van der Waals surface area contributed by atoms with E-state index in [0.29, 0.717) is 5.75 Å². The van der Waals surface area contributed by atoms with Gasteiger partial charge in [-0.3, -0.25) is 4.79 Å². The van der Waals surface area contributed by atoms with E-state index in [0.717, 1.165) is 36.5 Å². The number of carbonyl (C=O) groups is 1. The summed E-state index contributed by atoms with van der Waals surface area (Å²) in [6, 6.07) is 7.68. The molecular weight excluding hydrogens is 232 g/mol. The van der Waals surface area contributed by atoms with Crippen LogP contribution in [0.15, 0.2) is 29.2 Å². The minimum absolute atomic E-state index is 0.247. The molecule has 4 heteroatoms. The van der Waals surface area contributed by atoms with Crippen LogP contribution in [-0.4, -0.2) is 29.6 Å². The van der Waals surface area contributed by atoms with E-state index in [9.17, 15) is 4.79 Å². The molecule has 1 aliphatic rings. The minimum atomic E-state index is 0.247. The van der Waals surface area contributed by atoms with Gasteiger partial charge in [0.25, 0.3) is 0 Å². The fraction of sp³-hybridized carbons (Fsp3) is 0.462. The van der Waals surface area contributed by atoms with Gasteiger partial charge in [0.05, 0.1) is 5.75 Å². The largest absolute Gasteiger partial charge is 0.399 e. The maximum atomic E-state index is 11.9. The van der Waals surface area contributed by atoms with E-state index in [2.05, 4.69) is 0 Å². The Labute approximate surface area is 106 Å². The van der Waals surface area contributed by atoms with E-state index < -0.39 is 0 Å². The van der Waals surface area contributed by atoms with Crippen LogP contribution in [0.4, 0.5) is 5.69 Å². The van der Waals surface area contributed by atoms with Gasteiger partial charge in [-0.25, -0.2) is 0 Å². The Bertz CT molecular complexity index is 389. The smallest absolute Gasteiger partial charge is 0.232 e. The van der Waals surface area contributed by atoms with Crippen LogP contribution < -0.4 is 5.73 Å². The summed E-state index contributed by atoms with van der Waals surface area (Å²) in [5, 5.41) is 0. The predicted octanol–water partition coefficient (Wildman–Crippen LogP) is 2.37. The zero-order valence-corrected chi connectivity index (χ0v) is 10.7. The molecule has 0 spiro atoms. The number of rotatable bonds is 3. The summed E-state index contributed by atoms with van der Waals surface area (Å²) in [4.78, 5) is 15.0. The van der Waals surface area contributed by atoms with Gasteiger partial charge in [-0.1, -0.05) is 6.07 Å². The van der Waals surface area contributed by atoms with Crippen molar-refractivity contribution in [1.29, 1.82) is 0 Å². The van der Waals surface area contributed by atoms with Crippen molar-refractivity contribution in [3.8, 4) is 0 Å². The zero-order chi connectivity index (χ0) is 12.1. The first-order valence-corrected chi connectivity index (χ1v) is 7.00. The first kappa shape index (κ1) is 12.3. The highest BCUT2D eigenvalue weighted by Crippen LogP contribution is 2.21. The Balaban J connectivity index is 1.83. The molecule has 3 nitrogen and oxygen atoms in total. The van der Waals surface area contributed by atoms with Gasteiger partial charge in [-0.15, -0.1) is 11.8 Å². The molecule has 0 atom stereocenters. The molecule has 92 valence electrons. The fourth-order valence-corrected chi connectivity index (χ4v) is 2.85. The number of hydrogen-bond acceptors (Lipinski definition) is 3. The zero-order valence-electron chi connectivity index (χ0n) is 9.89. The molecule has 2 N–H and O–H groups in total. The molecule has 0 radical (unpaired) electrons. The Morgan fingerprint density at radius 3 is 2.76 bits per heavy atom. The molecular formula is C13H18N2OS. The molecule has 0 unspecified atom stereocenters. The molecule has 1 aliphatic heterocycles. The van der Waals surface area contributed by atoms with Crippen molar-refractivity contribution in [3.05, 3.63) is 24.3 Å². The lowest BCUT2D eigenvalue weighted by molar-refractivity contribution is -0.129. The highest BCUT2D eigenvalue weighted by Gasteiger charge is 2.16. The number of nitrogen functional groups attached to an aromatic ring is 1. The first-order valence-electron chi connectivity index (χ1n) is 6.02. The summed E-state index contributed by atoms with van der Waals surface area (Å²) in [6.45, 7) is 1.85. The predicted molar refractivity (Wildman–Crippen MR) is 72.0 cm³/mol. The topological polar surface area (TPSA) is 46.3 Å². The second-order valence-corrected chi connectivity index (χ2v) is 5.35. The Morgan fingerprint density at radius 2 is 2.06 bits per heavy atom. The van der Waals surface area contributed by atoms with Crippen LogP contribution in [-0.2, 0) is 4.79 Å². The van der Waals surface area contributed by atoms with E-state index in [1.165, 1.54) is 6.42 Å². The monoisotopic (exact) mass is 250 g/mol. The summed E-state index contributed by atoms with van der Waals surface area (Å²) >= 11 is 1.57. The summed E-state index contributed by atoms with van der Waals surface area (Å²) in [7, 11) is 0. The standard InChI is InChI=1S/C13H18N2OS/c14-11-5-4-6-12(9-11)17-10-13(16)15-7-2-1-3-8-15/h4-6,9H,1-3,7-8,10,14H2. The molecule has 0 bridgehead atoms. The van der Waals surface area contributed by atoms with E-state index in [-0.39, 0.29) is 5.91 Å². The number of nitrogens with two attached hydrogens (primary N) is 1. The normalized spacial score (nSPS) is 15.9. The maximum absolute atomic E-state index is 11.9. The molecule has 17 heavy (non-hydrogen) atoms. The summed E-state index contributed by atoms with van der Waals surface area (Å²) in [6.07, 6.45) is 3.55. The fourth-order valence-electron chi connectivity index (χ4n) is 1.98. The molecule has 1 aromatic carbocycles. The van der Waals surface area contributed by atoms with E-state index in [1.54, 1.807) is 11.8 Å². The molecule has 0 saturated carbocycles. The number of thioether (sulfide) groups is 1. The number of anilines is 1. The second kappa shape index (κ2) is 5.96. The van der Waals surface area contributed by atoms with Crippen LogP contribution in [0, 0.1) is 0 Å². The number of benzene rings is 1. The number of hydrogen-bond donors (Lipinski definition) is 1. The van der Waals surface area contributed by atoms with Crippen molar-refractivity contribution in [2.45, 2.75) is 24.2 Å². The van der Waals surface area contributed by atoms with Crippen LogP contribution in [0.5, 0.6) is 0 Å². The Kier molecular flexibility index (Phi) is 4.31. The molecule has 1 aromatic rings. The molecule has 0 aromatic heterocycles. The van der Waals surface area contributed by atoms with Crippen molar-refractivity contribution in [1.82, 2.24) is 4.90 Å². The van der Waals surface area contributed by atoms with Crippen molar-refractivity contribution >= 4 is 23.4 Å².